The number of esters is 1. The van der Waals surface area contributed by atoms with Crippen LogP contribution in [0.25, 0.3) is 0 Å². The highest BCUT2D eigenvalue weighted by Crippen LogP contribution is 2.25. The Morgan fingerprint density at radius 2 is 2.04 bits per heavy atom. The van der Waals surface area contributed by atoms with E-state index in [0.29, 0.717) is 27.7 Å². The van der Waals surface area contributed by atoms with Crippen LogP contribution in [0.2, 0.25) is 0 Å². The minimum atomic E-state index is -0.575. The van der Waals surface area contributed by atoms with E-state index in [4.69, 9.17) is 4.74 Å². The van der Waals surface area contributed by atoms with Gasteiger partial charge in [-0.15, -0.1) is 11.3 Å². The number of thiophene rings is 1. The molecule has 0 fully saturated rings. The molecular formula is C15H17N3O4S2. The third-order valence-corrected chi connectivity index (χ3v) is 5.16. The number of ether oxygens (including phenoxy) is 1. The molecule has 0 aliphatic rings. The summed E-state index contributed by atoms with van der Waals surface area (Å²) in [4.78, 5) is 36.5. The van der Waals surface area contributed by atoms with Crippen LogP contribution in [0.5, 0.6) is 0 Å². The van der Waals surface area contributed by atoms with Gasteiger partial charge < -0.3 is 15.4 Å². The highest BCUT2D eigenvalue weighted by molar-refractivity contribution is 7.14. The van der Waals surface area contributed by atoms with Gasteiger partial charge in [-0.2, -0.15) is 4.37 Å². The number of hydrogen-bond donors (Lipinski definition) is 2. The van der Waals surface area contributed by atoms with Crippen LogP contribution in [-0.2, 0) is 16.1 Å². The number of aromatic nitrogens is 1. The maximum Gasteiger partial charge on any atom is 0.343 e. The largest absolute Gasteiger partial charge is 0.454 e. The molecule has 7 nitrogen and oxygen atoms in total. The molecule has 0 aromatic carbocycles. The number of nitrogens with zero attached hydrogens (tertiary/aromatic N) is 1. The molecule has 128 valence electrons. The van der Waals surface area contributed by atoms with Gasteiger partial charge in [-0.1, -0.05) is 0 Å². The third kappa shape index (κ3) is 4.39. The highest BCUT2D eigenvalue weighted by Gasteiger charge is 2.20. The Balaban J connectivity index is 1.94. The molecule has 9 heteroatoms. The molecule has 0 spiro atoms. The van der Waals surface area contributed by atoms with E-state index in [1.165, 1.54) is 29.8 Å². The second-order valence-electron chi connectivity index (χ2n) is 4.90. The quantitative estimate of drug-likeness (QED) is 0.575. The third-order valence-electron chi connectivity index (χ3n) is 3.08. The van der Waals surface area contributed by atoms with Crippen LogP contribution in [0, 0.1) is 6.92 Å². The first-order valence-electron chi connectivity index (χ1n) is 7.10. The topological polar surface area (TPSA) is 97.4 Å². The molecule has 0 radical (unpaired) electrons. The van der Waals surface area contributed by atoms with Crippen molar-refractivity contribution in [2.24, 2.45) is 0 Å². The van der Waals surface area contributed by atoms with Crippen LogP contribution in [0.15, 0.2) is 12.1 Å². The number of nitrogens with one attached hydrogen (secondary N) is 2. The first-order valence-corrected chi connectivity index (χ1v) is 8.68. The first kappa shape index (κ1) is 18.1. The Labute approximate surface area is 147 Å². The number of ketones is 1. The van der Waals surface area contributed by atoms with Crippen molar-refractivity contribution in [3.8, 4) is 0 Å². The van der Waals surface area contributed by atoms with Gasteiger partial charge in [-0.25, -0.2) is 4.79 Å². The molecule has 0 aliphatic heterocycles. The van der Waals surface area contributed by atoms with Gasteiger partial charge in [0.05, 0.1) is 17.1 Å². The molecule has 0 saturated heterocycles. The van der Waals surface area contributed by atoms with E-state index in [0.717, 1.165) is 4.88 Å². The van der Waals surface area contributed by atoms with Crippen LogP contribution in [0.4, 0.5) is 5.00 Å². The minimum absolute atomic E-state index is 0.134. The molecule has 1 amide bonds. The fourth-order valence-electron chi connectivity index (χ4n) is 1.89. The number of hydrogen-bond acceptors (Lipinski definition) is 8. The van der Waals surface area contributed by atoms with Crippen molar-refractivity contribution >= 4 is 45.5 Å². The van der Waals surface area contributed by atoms with Gasteiger partial charge in [0.2, 0.25) is 11.7 Å². The molecule has 0 saturated carbocycles. The summed E-state index contributed by atoms with van der Waals surface area (Å²) in [7, 11) is 1.69. The van der Waals surface area contributed by atoms with Crippen molar-refractivity contribution in [2.45, 2.75) is 20.4 Å². The molecule has 0 aliphatic carbocycles. The summed E-state index contributed by atoms with van der Waals surface area (Å²) in [6.45, 7) is 3.18. The Morgan fingerprint density at radius 3 is 2.71 bits per heavy atom. The van der Waals surface area contributed by atoms with Crippen molar-refractivity contribution in [2.75, 3.05) is 19.0 Å². The molecular weight excluding hydrogens is 350 g/mol. The number of amides is 1. The predicted octanol–water partition coefficient (Wildman–Crippen LogP) is 2.23. The maximum atomic E-state index is 12.1. The Bertz CT molecular complexity index is 767. The molecule has 2 aromatic rings. The fourth-order valence-corrected chi connectivity index (χ4v) is 3.49. The van der Waals surface area contributed by atoms with Crippen molar-refractivity contribution in [3.63, 3.8) is 0 Å². The van der Waals surface area contributed by atoms with Gasteiger partial charge in [0.15, 0.2) is 6.61 Å². The first-order chi connectivity index (χ1) is 11.4. The molecule has 2 heterocycles. The second kappa shape index (κ2) is 8.02. The smallest absolute Gasteiger partial charge is 0.343 e. The lowest BCUT2D eigenvalue weighted by atomic mass is 10.2. The number of carbonyl (C=O) groups excluding carboxylic acids is 3. The van der Waals surface area contributed by atoms with E-state index < -0.39 is 5.97 Å². The van der Waals surface area contributed by atoms with Crippen molar-refractivity contribution in [1.82, 2.24) is 9.69 Å². The van der Waals surface area contributed by atoms with Crippen LogP contribution in [-0.4, -0.2) is 35.7 Å². The molecule has 0 atom stereocenters. The normalized spacial score (nSPS) is 10.3. The molecule has 24 heavy (non-hydrogen) atoms. The van der Waals surface area contributed by atoms with Crippen molar-refractivity contribution in [3.05, 3.63) is 33.1 Å². The monoisotopic (exact) mass is 367 g/mol. The second-order valence-corrected chi connectivity index (χ2v) is 6.84. The lowest BCUT2D eigenvalue weighted by Gasteiger charge is -2.04. The van der Waals surface area contributed by atoms with Gasteiger partial charge in [0, 0.05) is 18.8 Å². The Morgan fingerprint density at radius 1 is 1.29 bits per heavy atom. The number of rotatable bonds is 7. The zero-order valence-electron chi connectivity index (χ0n) is 13.5. The zero-order chi connectivity index (χ0) is 17.7. The van der Waals surface area contributed by atoms with Crippen LogP contribution >= 0.6 is 22.9 Å². The van der Waals surface area contributed by atoms with Crippen LogP contribution < -0.4 is 10.6 Å². The van der Waals surface area contributed by atoms with E-state index in [9.17, 15) is 14.4 Å². The highest BCUT2D eigenvalue weighted by atomic mass is 32.1. The summed E-state index contributed by atoms with van der Waals surface area (Å²) in [6, 6.07) is 3.43. The van der Waals surface area contributed by atoms with E-state index in [-0.39, 0.29) is 18.3 Å². The SMILES string of the molecule is CNc1snc(C)c1C(=O)OCC(=O)c1ccc(CNC(C)=O)s1. The summed E-state index contributed by atoms with van der Waals surface area (Å²) in [6.07, 6.45) is 0. The summed E-state index contributed by atoms with van der Waals surface area (Å²) < 4.78 is 9.20. The van der Waals surface area contributed by atoms with Crippen LogP contribution in [0.1, 0.15) is 37.5 Å². The zero-order valence-corrected chi connectivity index (χ0v) is 15.1. The van der Waals surface area contributed by atoms with Crippen molar-refractivity contribution < 1.29 is 19.1 Å². The number of anilines is 1. The molecule has 2 rings (SSSR count). The van der Waals surface area contributed by atoms with Gasteiger partial charge in [-0.3, -0.25) is 9.59 Å². The minimum Gasteiger partial charge on any atom is -0.454 e. The summed E-state index contributed by atoms with van der Waals surface area (Å²) in [5.41, 5.74) is 0.920. The number of Topliss-reactive ketones (excluding diaryl/α,β-unsaturated/α-hetero) is 1. The molecule has 2 aromatic heterocycles. The fraction of sp³-hybridized carbons (Fsp3) is 0.333. The molecule has 2 N–H and O–H groups in total. The molecule has 0 bridgehead atoms. The maximum absolute atomic E-state index is 12.1. The number of aryl methyl sites for hydroxylation is 1. The lowest BCUT2D eigenvalue weighted by molar-refractivity contribution is -0.119. The van der Waals surface area contributed by atoms with E-state index in [1.54, 1.807) is 26.1 Å². The van der Waals surface area contributed by atoms with Gasteiger partial charge in [0.25, 0.3) is 0 Å². The average Bonchev–Trinajstić information content (AvgIpc) is 3.16. The standard InChI is InChI=1S/C15H17N3O4S2/c1-8-13(14(16-3)24-18-8)15(21)22-7-11(20)12-5-4-10(23-12)6-17-9(2)19/h4-5,16H,6-7H2,1-3H3,(H,17,19). The van der Waals surface area contributed by atoms with E-state index >= 15 is 0 Å². The Hall–Kier alpha value is -2.26. The van der Waals surface area contributed by atoms with E-state index in [2.05, 4.69) is 15.0 Å². The van der Waals surface area contributed by atoms with Gasteiger partial charge in [-0.05, 0) is 30.6 Å². The lowest BCUT2D eigenvalue weighted by Crippen LogP contribution is -2.18. The van der Waals surface area contributed by atoms with E-state index in [1.807, 2.05) is 0 Å². The molecule has 0 unspecified atom stereocenters. The van der Waals surface area contributed by atoms with Gasteiger partial charge in [0.1, 0.15) is 10.6 Å². The summed E-state index contributed by atoms with van der Waals surface area (Å²) in [5.74, 6) is -0.992. The average molecular weight is 367 g/mol. The Kier molecular flexibility index (Phi) is 6.04. The van der Waals surface area contributed by atoms with Crippen molar-refractivity contribution in [1.29, 1.82) is 0 Å². The summed E-state index contributed by atoms with van der Waals surface area (Å²) in [5, 5.41) is 6.15. The summed E-state index contributed by atoms with van der Waals surface area (Å²) >= 11 is 2.43. The number of carbonyl (C=O) groups is 3. The van der Waals surface area contributed by atoms with Crippen LogP contribution in [0.3, 0.4) is 0 Å². The van der Waals surface area contributed by atoms with Gasteiger partial charge >= 0.3 is 5.97 Å². The predicted molar refractivity (Wildman–Crippen MR) is 92.9 cm³/mol.